The predicted molar refractivity (Wildman–Crippen MR) is 60.8 cm³/mol. The summed E-state index contributed by atoms with van der Waals surface area (Å²) in [6.45, 7) is 3.36. The van der Waals surface area contributed by atoms with Gasteiger partial charge < -0.3 is 14.2 Å². The molecule has 0 bridgehead atoms. The van der Waals surface area contributed by atoms with E-state index in [1.165, 1.54) is 0 Å². The van der Waals surface area contributed by atoms with Gasteiger partial charge in [0, 0.05) is 20.1 Å². The first kappa shape index (κ1) is 13.4. The van der Waals surface area contributed by atoms with Gasteiger partial charge in [-0.2, -0.15) is 9.97 Å². The Bertz CT molecular complexity index is 336. The summed E-state index contributed by atoms with van der Waals surface area (Å²) >= 11 is 0. The molecule has 0 fully saturated rings. The predicted octanol–water partition coefficient (Wildman–Crippen LogP) is -0.0288. The van der Waals surface area contributed by atoms with E-state index >= 15 is 0 Å². The van der Waals surface area contributed by atoms with E-state index in [1.54, 1.807) is 7.11 Å². The number of aromatic nitrogens is 3. The van der Waals surface area contributed by atoms with Crippen molar-refractivity contribution >= 4 is 5.95 Å². The van der Waals surface area contributed by atoms with Gasteiger partial charge in [0.1, 0.15) is 0 Å². The monoisotopic (exact) mass is 243 g/mol. The fraction of sp³-hybridized carbons (Fsp3) is 0.667. The van der Waals surface area contributed by atoms with Gasteiger partial charge in [0.15, 0.2) is 0 Å². The number of nitrogens with zero attached hydrogens (tertiary/aromatic N) is 3. The highest BCUT2D eigenvalue weighted by molar-refractivity contribution is 5.25. The zero-order valence-corrected chi connectivity index (χ0v) is 9.97. The van der Waals surface area contributed by atoms with E-state index in [-0.39, 0.29) is 18.0 Å². The summed E-state index contributed by atoms with van der Waals surface area (Å²) < 4.78 is 15.4. The molecule has 8 nitrogen and oxygen atoms in total. The van der Waals surface area contributed by atoms with E-state index < -0.39 is 0 Å². The number of methoxy groups -OCH3 is 1. The Morgan fingerprint density at radius 2 is 1.82 bits per heavy atom. The van der Waals surface area contributed by atoms with Gasteiger partial charge in [-0.1, -0.05) is 0 Å². The fourth-order valence-electron chi connectivity index (χ4n) is 1.03. The van der Waals surface area contributed by atoms with Gasteiger partial charge in [0.2, 0.25) is 5.95 Å². The third-order valence-electron chi connectivity index (χ3n) is 1.72. The quantitative estimate of drug-likeness (QED) is 0.372. The molecule has 3 N–H and O–H groups in total. The molecular weight excluding hydrogens is 226 g/mol. The van der Waals surface area contributed by atoms with Crippen LogP contribution in [0.15, 0.2) is 0 Å². The van der Waals surface area contributed by atoms with Crippen LogP contribution in [0.3, 0.4) is 0 Å². The maximum Gasteiger partial charge on any atom is 0.324 e. The Kier molecular flexibility index (Phi) is 5.97. The maximum atomic E-state index is 5.32. The molecular formula is C9H17N5O3. The highest BCUT2D eigenvalue weighted by Gasteiger charge is 2.07. The Morgan fingerprint density at radius 3 is 2.41 bits per heavy atom. The SMILES string of the molecule is CCOc1nc(NN)nc(OCCCOC)n1. The van der Waals surface area contributed by atoms with Crippen molar-refractivity contribution in [1.29, 1.82) is 0 Å². The average Bonchev–Trinajstić information content (AvgIpc) is 2.35. The number of nitrogen functional groups attached to an aromatic ring is 1. The van der Waals surface area contributed by atoms with E-state index in [2.05, 4.69) is 20.4 Å². The second kappa shape index (κ2) is 7.58. The van der Waals surface area contributed by atoms with Crippen molar-refractivity contribution in [3.8, 4) is 12.0 Å². The van der Waals surface area contributed by atoms with Crippen LogP contribution in [0.1, 0.15) is 13.3 Å². The van der Waals surface area contributed by atoms with Crippen LogP contribution in [0.25, 0.3) is 0 Å². The van der Waals surface area contributed by atoms with E-state index in [9.17, 15) is 0 Å². The van der Waals surface area contributed by atoms with Crippen LogP contribution >= 0.6 is 0 Å². The number of rotatable bonds is 8. The van der Waals surface area contributed by atoms with Gasteiger partial charge in [-0.25, -0.2) is 5.84 Å². The van der Waals surface area contributed by atoms with Gasteiger partial charge in [-0.3, -0.25) is 5.43 Å². The van der Waals surface area contributed by atoms with Crippen molar-refractivity contribution in [1.82, 2.24) is 15.0 Å². The molecule has 0 saturated heterocycles. The molecule has 8 heteroatoms. The third-order valence-corrected chi connectivity index (χ3v) is 1.72. The molecule has 0 aromatic carbocycles. The molecule has 0 spiro atoms. The first-order valence-corrected chi connectivity index (χ1v) is 5.27. The van der Waals surface area contributed by atoms with Crippen LogP contribution in [0, 0.1) is 0 Å². The lowest BCUT2D eigenvalue weighted by Crippen LogP contribution is -2.14. The zero-order valence-electron chi connectivity index (χ0n) is 9.97. The average molecular weight is 243 g/mol. The number of nitrogens with one attached hydrogen (secondary N) is 1. The second-order valence-electron chi connectivity index (χ2n) is 3.00. The molecule has 0 aliphatic rings. The lowest BCUT2D eigenvalue weighted by atomic mass is 10.5. The molecule has 96 valence electrons. The first-order chi connectivity index (χ1) is 8.30. The second-order valence-corrected chi connectivity index (χ2v) is 3.00. The molecule has 1 aromatic rings. The molecule has 0 radical (unpaired) electrons. The summed E-state index contributed by atoms with van der Waals surface area (Å²) in [6, 6.07) is 0.352. The van der Waals surface area contributed by atoms with Crippen LogP contribution in [0.5, 0.6) is 12.0 Å². The molecule has 0 amide bonds. The summed E-state index contributed by atoms with van der Waals surface area (Å²) in [5.74, 6) is 5.43. The molecule has 0 atom stereocenters. The third kappa shape index (κ3) is 4.79. The van der Waals surface area contributed by atoms with Crippen molar-refractivity contribution in [3.63, 3.8) is 0 Å². The highest BCUT2D eigenvalue weighted by atomic mass is 16.5. The van der Waals surface area contributed by atoms with Gasteiger partial charge in [0.25, 0.3) is 0 Å². The van der Waals surface area contributed by atoms with E-state index in [0.717, 1.165) is 6.42 Å². The van der Waals surface area contributed by atoms with Crippen molar-refractivity contribution in [2.75, 3.05) is 32.4 Å². The van der Waals surface area contributed by atoms with Gasteiger partial charge >= 0.3 is 12.0 Å². The number of hydrogen-bond donors (Lipinski definition) is 2. The smallest absolute Gasteiger partial charge is 0.324 e. The van der Waals surface area contributed by atoms with E-state index in [0.29, 0.717) is 19.8 Å². The van der Waals surface area contributed by atoms with Crippen LogP contribution in [0.2, 0.25) is 0 Å². The lowest BCUT2D eigenvalue weighted by molar-refractivity contribution is 0.168. The summed E-state index contributed by atoms with van der Waals surface area (Å²) in [5.41, 5.74) is 2.32. The summed E-state index contributed by atoms with van der Waals surface area (Å²) in [4.78, 5) is 11.8. The number of hydrogen-bond acceptors (Lipinski definition) is 8. The van der Waals surface area contributed by atoms with Crippen molar-refractivity contribution in [3.05, 3.63) is 0 Å². The van der Waals surface area contributed by atoms with E-state index in [4.69, 9.17) is 20.1 Å². The van der Waals surface area contributed by atoms with Crippen molar-refractivity contribution < 1.29 is 14.2 Å². The minimum absolute atomic E-state index is 0.174. The van der Waals surface area contributed by atoms with Gasteiger partial charge in [-0.15, -0.1) is 4.98 Å². The molecule has 0 aliphatic carbocycles. The van der Waals surface area contributed by atoms with Crippen LogP contribution in [-0.4, -0.2) is 41.9 Å². The largest absolute Gasteiger partial charge is 0.464 e. The fourth-order valence-corrected chi connectivity index (χ4v) is 1.03. The summed E-state index contributed by atoms with van der Waals surface area (Å²) in [6.07, 6.45) is 0.748. The molecule has 1 aromatic heterocycles. The maximum absolute atomic E-state index is 5.32. The van der Waals surface area contributed by atoms with Crippen molar-refractivity contribution in [2.45, 2.75) is 13.3 Å². The molecule has 0 unspecified atom stereocenters. The topological polar surface area (TPSA) is 104 Å². The number of ether oxygens (including phenoxy) is 3. The minimum atomic E-state index is 0.174. The van der Waals surface area contributed by atoms with Crippen LogP contribution in [0.4, 0.5) is 5.95 Å². The van der Waals surface area contributed by atoms with Gasteiger partial charge in [-0.05, 0) is 6.92 Å². The molecule has 0 saturated carbocycles. The highest BCUT2D eigenvalue weighted by Crippen LogP contribution is 2.12. The Labute approximate surface area is 99.5 Å². The molecule has 17 heavy (non-hydrogen) atoms. The molecule has 1 rings (SSSR count). The van der Waals surface area contributed by atoms with E-state index in [1.807, 2.05) is 6.92 Å². The zero-order chi connectivity index (χ0) is 12.5. The van der Waals surface area contributed by atoms with Crippen molar-refractivity contribution in [2.24, 2.45) is 5.84 Å². The van der Waals surface area contributed by atoms with Gasteiger partial charge in [0.05, 0.1) is 13.2 Å². The Hall–Kier alpha value is -1.67. The first-order valence-electron chi connectivity index (χ1n) is 5.27. The Balaban J connectivity index is 2.59. The summed E-state index contributed by atoms with van der Waals surface area (Å²) in [5, 5.41) is 0. The van der Waals surface area contributed by atoms with Crippen LogP contribution < -0.4 is 20.7 Å². The normalized spacial score (nSPS) is 10.1. The number of anilines is 1. The van der Waals surface area contributed by atoms with Crippen LogP contribution in [-0.2, 0) is 4.74 Å². The molecule has 0 aliphatic heterocycles. The Morgan fingerprint density at radius 1 is 1.12 bits per heavy atom. The standard InChI is InChI=1S/C9H17N5O3/c1-3-16-8-11-7(14-10)12-9(13-8)17-6-4-5-15-2/h3-6,10H2,1-2H3,(H,11,12,13,14). The number of nitrogens with two attached hydrogens (primary N) is 1. The molecule has 1 heterocycles. The number of hydrazine groups is 1. The lowest BCUT2D eigenvalue weighted by Gasteiger charge is -2.07. The minimum Gasteiger partial charge on any atom is -0.464 e. The summed E-state index contributed by atoms with van der Waals surface area (Å²) in [7, 11) is 1.63.